The lowest BCUT2D eigenvalue weighted by Gasteiger charge is -1.99. The molecular formula is C7H5BrN2O3. The summed E-state index contributed by atoms with van der Waals surface area (Å²) in [7, 11) is 0. The van der Waals surface area contributed by atoms with Crippen molar-refractivity contribution in [1.29, 1.82) is 0 Å². The van der Waals surface area contributed by atoms with Gasteiger partial charge in [0.05, 0.1) is 4.83 Å². The number of aromatic nitrogens is 1. The number of nitro groups is 1. The Labute approximate surface area is 82.1 Å². The Hall–Kier alpha value is -1.30. The second-order valence-electron chi connectivity index (χ2n) is 2.24. The highest BCUT2D eigenvalue weighted by Crippen LogP contribution is 2.21. The van der Waals surface area contributed by atoms with Crippen molar-refractivity contribution in [3.63, 3.8) is 0 Å². The highest BCUT2D eigenvalue weighted by molar-refractivity contribution is 9.09. The lowest BCUT2D eigenvalue weighted by Crippen LogP contribution is -1.96. The van der Waals surface area contributed by atoms with Gasteiger partial charge in [0.1, 0.15) is 12.5 Å². The molecule has 1 heterocycles. The minimum absolute atomic E-state index is 0.260. The normalized spacial score (nSPS) is 12.1. The maximum Gasteiger partial charge on any atom is 0.363 e. The molecule has 0 aliphatic heterocycles. The van der Waals surface area contributed by atoms with Crippen LogP contribution in [0, 0.1) is 10.1 Å². The van der Waals surface area contributed by atoms with Crippen molar-refractivity contribution in [3.8, 4) is 0 Å². The van der Waals surface area contributed by atoms with Crippen molar-refractivity contribution in [2.75, 3.05) is 0 Å². The van der Waals surface area contributed by atoms with Crippen LogP contribution in [0.15, 0.2) is 18.3 Å². The van der Waals surface area contributed by atoms with E-state index in [1.165, 1.54) is 12.3 Å². The minimum atomic E-state index is -0.603. The molecule has 68 valence electrons. The van der Waals surface area contributed by atoms with E-state index in [4.69, 9.17) is 0 Å². The van der Waals surface area contributed by atoms with Gasteiger partial charge in [-0.1, -0.05) is 15.9 Å². The Kier molecular flexibility index (Phi) is 3.07. The molecule has 1 rings (SSSR count). The van der Waals surface area contributed by atoms with Gasteiger partial charge in [-0.3, -0.25) is 0 Å². The fourth-order valence-electron chi connectivity index (χ4n) is 0.784. The second kappa shape index (κ2) is 4.08. The second-order valence-corrected chi connectivity index (χ2v) is 3.23. The number of carbonyl (C=O) groups excluding carboxylic acids is 1. The average Bonchev–Trinajstić information content (AvgIpc) is 2.17. The van der Waals surface area contributed by atoms with Crippen molar-refractivity contribution < 1.29 is 9.72 Å². The van der Waals surface area contributed by atoms with Gasteiger partial charge < -0.3 is 14.9 Å². The molecule has 6 heteroatoms. The van der Waals surface area contributed by atoms with E-state index in [9.17, 15) is 14.9 Å². The first kappa shape index (κ1) is 9.79. The molecule has 1 aromatic heterocycles. The van der Waals surface area contributed by atoms with E-state index in [0.29, 0.717) is 11.8 Å². The van der Waals surface area contributed by atoms with E-state index in [2.05, 4.69) is 20.9 Å². The minimum Gasteiger partial charge on any atom is -0.358 e. The predicted molar refractivity (Wildman–Crippen MR) is 48.6 cm³/mol. The molecule has 1 unspecified atom stereocenters. The maximum atomic E-state index is 10.3. The quantitative estimate of drug-likeness (QED) is 0.351. The fourth-order valence-corrected chi connectivity index (χ4v) is 1.07. The molecule has 1 atom stereocenters. The summed E-state index contributed by atoms with van der Waals surface area (Å²) in [5.74, 6) is -0.260. The molecule has 0 saturated carbocycles. The molecule has 0 N–H and O–H groups in total. The van der Waals surface area contributed by atoms with Crippen molar-refractivity contribution >= 4 is 28.0 Å². The molecule has 0 aliphatic carbocycles. The highest BCUT2D eigenvalue weighted by atomic mass is 79.9. The van der Waals surface area contributed by atoms with Crippen LogP contribution in [0.1, 0.15) is 10.4 Å². The Balaban J connectivity index is 3.04. The Morgan fingerprint density at radius 3 is 2.92 bits per heavy atom. The predicted octanol–water partition coefficient (Wildman–Crippen LogP) is 1.62. The molecule has 13 heavy (non-hydrogen) atoms. The van der Waals surface area contributed by atoms with E-state index in [0.717, 1.165) is 0 Å². The summed E-state index contributed by atoms with van der Waals surface area (Å²) < 4.78 is 0. The Morgan fingerprint density at radius 2 is 2.38 bits per heavy atom. The van der Waals surface area contributed by atoms with Crippen LogP contribution in [0.2, 0.25) is 0 Å². The van der Waals surface area contributed by atoms with E-state index >= 15 is 0 Å². The molecule has 5 nitrogen and oxygen atoms in total. The number of hydrogen-bond acceptors (Lipinski definition) is 4. The van der Waals surface area contributed by atoms with Crippen LogP contribution in [-0.4, -0.2) is 16.2 Å². The van der Waals surface area contributed by atoms with Crippen molar-refractivity contribution in [2.24, 2.45) is 0 Å². The van der Waals surface area contributed by atoms with Gasteiger partial charge in [-0.05, 0) is 21.5 Å². The lowest BCUT2D eigenvalue weighted by molar-refractivity contribution is -0.389. The summed E-state index contributed by atoms with van der Waals surface area (Å²) in [6, 6.07) is 2.80. The van der Waals surface area contributed by atoms with Gasteiger partial charge in [0, 0.05) is 6.07 Å². The zero-order chi connectivity index (χ0) is 9.84. The van der Waals surface area contributed by atoms with E-state index in [-0.39, 0.29) is 5.82 Å². The van der Waals surface area contributed by atoms with Gasteiger partial charge in [0.2, 0.25) is 0 Å². The number of alkyl halides is 1. The van der Waals surface area contributed by atoms with Gasteiger partial charge in [-0.25, -0.2) is 0 Å². The molecule has 0 amide bonds. The van der Waals surface area contributed by atoms with Crippen molar-refractivity contribution in [1.82, 2.24) is 4.98 Å². The van der Waals surface area contributed by atoms with E-state index < -0.39 is 9.75 Å². The summed E-state index contributed by atoms with van der Waals surface area (Å²) in [5.41, 5.74) is 0.525. The average molecular weight is 245 g/mol. The first-order valence-corrected chi connectivity index (χ1v) is 4.26. The Bertz CT molecular complexity index is 342. The highest BCUT2D eigenvalue weighted by Gasteiger charge is 2.12. The first-order valence-electron chi connectivity index (χ1n) is 3.35. The van der Waals surface area contributed by atoms with Crippen LogP contribution in [-0.2, 0) is 4.79 Å². The summed E-state index contributed by atoms with van der Waals surface area (Å²) >= 11 is 3.05. The lowest BCUT2D eigenvalue weighted by atomic mass is 10.2. The van der Waals surface area contributed by atoms with Crippen LogP contribution >= 0.6 is 15.9 Å². The monoisotopic (exact) mass is 244 g/mol. The number of pyridine rings is 1. The van der Waals surface area contributed by atoms with Crippen LogP contribution in [0.3, 0.4) is 0 Å². The number of hydrogen-bond donors (Lipinski definition) is 0. The molecule has 0 aliphatic rings. The van der Waals surface area contributed by atoms with Crippen molar-refractivity contribution in [3.05, 3.63) is 34.0 Å². The topological polar surface area (TPSA) is 73.1 Å². The summed E-state index contributed by atoms with van der Waals surface area (Å²) in [4.78, 5) is 23.1. The van der Waals surface area contributed by atoms with E-state index in [1.807, 2.05) is 0 Å². The van der Waals surface area contributed by atoms with Gasteiger partial charge in [0.25, 0.3) is 0 Å². The van der Waals surface area contributed by atoms with Crippen LogP contribution in [0.25, 0.3) is 0 Å². The number of halogens is 1. The smallest absolute Gasteiger partial charge is 0.358 e. The van der Waals surface area contributed by atoms with Crippen LogP contribution in [0.4, 0.5) is 5.82 Å². The zero-order valence-corrected chi connectivity index (χ0v) is 7.97. The third-order valence-corrected chi connectivity index (χ3v) is 2.14. The molecule has 0 saturated heterocycles. The molecule has 0 radical (unpaired) electrons. The first-order chi connectivity index (χ1) is 6.15. The third kappa shape index (κ3) is 2.32. The maximum absolute atomic E-state index is 10.3. The number of aldehydes is 1. The largest absolute Gasteiger partial charge is 0.363 e. The van der Waals surface area contributed by atoms with Gasteiger partial charge in [-0.2, -0.15) is 0 Å². The van der Waals surface area contributed by atoms with Gasteiger partial charge in [0.15, 0.2) is 0 Å². The molecule has 0 aromatic carbocycles. The number of carbonyl (C=O) groups is 1. The van der Waals surface area contributed by atoms with Crippen LogP contribution < -0.4 is 0 Å². The summed E-state index contributed by atoms with van der Waals surface area (Å²) in [5, 5.41) is 10.3. The zero-order valence-electron chi connectivity index (χ0n) is 6.38. The SMILES string of the molecule is O=CC(Br)c1ccnc([N+](=O)[O-])c1. The fraction of sp³-hybridized carbons (Fsp3) is 0.143. The Morgan fingerprint density at radius 1 is 1.69 bits per heavy atom. The summed E-state index contributed by atoms with van der Waals surface area (Å²) in [6.45, 7) is 0. The standard InChI is InChI=1S/C7H5BrN2O3/c8-6(4-11)5-1-2-9-7(3-5)10(12)13/h1-4,6H. The van der Waals surface area contributed by atoms with Gasteiger partial charge in [-0.15, -0.1) is 0 Å². The molecular weight excluding hydrogens is 240 g/mol. The molecule has 0 bridgehead atoms. The molecule has 1 aromatic rings. The number of rotatable bonds is 3. The van der Waals surface area contributed by atoms with Crippen LogP contribution in [0.5, 0.6) is 0 Å². The molecule has 0 fully saturated rings. The number of nitrogens with zero attached hydrogens (tertiary/aromatic N) is 2. The van der Waals surface area contributed by atoms with Gasteiger partial charge >= 0.3 is 5.82 Å². The molecule has 0 spiro atoms. The third-order valence-electron chi connectivity index (χ3n) is 1.39. The van der Waals surface area contributed by atoms with E-state index in [1.54, 1.807) is 6.07 Å². The summed E-state index contributed by atoms with van der Waals surface area (Å²) in [6.07, 6.45) is 1.95. The van der Waals surface area contributed by atoms with Crippen molar-refractivity contribution in [2.45, 2.75) is 4.83 Å².